The molecule has 0 unspecified atom stereocenters. The molecule has 0 aromatic carbocycles. The molecule has 0 aliphatic carbocycles. The number of carbonyl (C=O) groups is 4. The van der Waals surface area contributed by atoms with Crippen LogP contribution in [0.25, 0.3) is 0 Å². The van der Waals surface area contributed by atoms with Crippen LogP contribution in [0.3, 0.4) is 0 Å². The molecule has 12 heteroatoms. The molecule has 0 saturated carbocycles. The molecule has 0 spiro atoms. The number of nitrogens with one attached hydrogen (secondary N) is 4. The molecule has 4 amide bonds. The highest BCUT2D eigenvalue weighted by molar-refractivity contribution is 5.96. The Morgan fingerprint density at radius 2 is 1.06 bits per heavy atom. The normalized spacial score (nSPS) is 9.81. The topological polar surface area (TPSA) is 161 Å². The maximum Gasteiger partial charge on any atom is 0.411 e. The summed E-state index contributed by atoms with van der Waals surface area (Å²) in [5.41, 5.74) is 1.05. The first kappa shape index (κ1) is 23.1. The van der Waals surface area contributed by atoms with E-state index in [0.29, 0.717) is 11.4 Å². The highest BCUT2D eigenvalue weighted by Crippen LogP contribution is 2.04. The lowest BCUT2D eigenvalue weighted by Gasteiger charge is -2.09. The van der Waals surface area contributed by atoms with Crippen LogP contribution in [0.15, 0.2) is 49.1 Å². The Kier molecular flexibility index (Phi) is 9.74. The molecular formula is C19H22N6O6. The van der Waals surface area contributed by atoms with Crippen molar-refractivity contribution in [3.05, 3.63) is 49.1 Å². The van der Waals surface area contributed by atoms with Crippen molar-refractivity contribution in [2.75, 3.05) is 36.9 Å². The maximum absolute atomic E-state index is 11.7. The number of anilines is 2. The number of pyridine rings is 2. The summed E-state index contributed by atoms with van der Waals surface area (Å²) in [5, 5.41) is 9.89. The van der Waals surface area contributed by atoms with Gasteiger partial charge in [-0.1, -0.05) is 0 Å². The Labute approximate surface area is 177 Å². The molecule has 2 aromatic rings. The third kappa shape index (κ3) is 10.2. The van der Waals surface area contributed by atoms with Crippen LogP contribution in [0.4, 0.5) is 21.0 Å². The van der Waals surface area contributed by atoms with Gasteiger partial charge in [0.2, 0.25) is 11.8 Å². The molecule has 12 nitrogen and oxygen atoms in total. The third-order valence-electron chi connectivity index (χ3n) is 3.49. The fourth-order valence-corrected chi connectivity index (χ4v) is 2.12. The minimum absolute atomic E-state index is 0.0498. The second kappa shape index (κ2) is 13.1. The molecule has 0 radical (unpaired) electrons. The monoisotopic (exact) mass is 430 g/mol. The molecule has 0 atom stereocenters. The van der Waals surface area contributed by atoms with Crippen molar-refractivity contribution in [3.8, 4) is 0 Å². The Bertz CT molecular complexity index is 793. The molecule has 0 saturated heterocycles. The highest BCUT2D eigenvalue weighted by atomic mass is 16.6. The zero-order valence-corrected chi connectivity index (χ0v) is 16.5. The second-order valence-corrected chi connectivity index (χ2v) is 5.87. The molecule has 4 N–H and O–H groups in total. The van der Waals surface area contributed by atoms with Crippen LogP contribution < -0.4 is 21.3 Å². The first-order chi connectivity index (χ1) is 15.0. The van der Waals surface area contributed by atoms with Crippen molar-refractivity contribution < 1.29 is 28.7 Å². The van der Waals surface area contributed by atoms with Gasteiger partial charge in [-0.2, -0.15) is 0 Å². The van der Waals surface area contributed by atoms with Crippen molar-refractivity contribution >= 4 is 35.4 Å². The summed E-state index contributed by atoms with van der Waals surface area (Å²) in [6.07, 6.45) is 4.31. The average molecular weight is 430 g/mol. The largest absolute Gasteiger partial charge is 0.447 e. The van der Waals surface area contributed by atoms with E-state index in [0.717, 1.165) is 0 Å². The first-order valence-electron chi connectivity index (χ1n) is 9.24. The van der Waals surface area contributed by atoms with Crippen LogP contribution >= 0.6 is 0 Å². The Hall–Kier alpha value is -4.22. The molecule has 2 rings (SSSR count). The SMILES string of the molecule is O=C(CC(=O)NCCOC(=O)Nc1ccncc1)NCCOC(=O)Nc1ccncc1. The molecule has 0 aliphatic heterocycles. The van der Waals surface area contributed by atoms with Gasteiger partial charge in [-0.05, 0) is 24.3 Å². The molecule has 0 fully saturated rings. The number of nitrogens with zero attached hydrogens (tertiary/aromatic N) is 2. The number of hydrogen-bond acceptors (Lipinski definition) is 8. The van der Waals surface area contributed by atoms with Gasteiger partial charge in [0.25, 0.3) is 0 Å². The summed E-state index contributed by atoms with van der Waals surface area (Å²) >= 11 is 0. The smallest absolute Gasteiger partial charge is 0.411 e. The van der Waals surface area contributed by atoms with Crippen molar-refractivity contribution in [1.29, 1.82) is 0 Å². The lowest BCUT2D eigenvalue weighted by Crippen LogP contribution is -2.35. The number of aromatic nitrogens is 2. The van der Waals surface area contributed by atoms with E-state index in [9.17, 15) is 19.2 Å². The van der Waals surface area contributed by atoms with Gasteiger partial charge in [0.05, 0.1) is 13.1 Å². The third-order valence-corrected chi connectivity index (χ3v) is 3.49. The van der Waals surface area contributed by atoms with E-state index in [1.165, 1.54) is 24.8 Å². The predicted octanol–water partition coefficient (Wildman–Crippen LogP) is 0.896. The van der Waals surface area contributed by atoms with Crippen molar-refractivity contribution in [2.24, 2.45) is 0 Å². The van der Waals surface area contributed by atoms with Crippen molar-refractivity contribution in [3.63, 3.8) is 0 Å². The minimum Gasteiger partial charge on any atom is -0.447 e. The van der Waals surface area contributed by atoms with Gasteiger partial charge in [-0.3, -0.25) is 30.2 Å². The minimum atomic E-state index is -0.675. The fraction of sp³-hybridized carbons (Fsp3) is 0.263. The number of carbonyl (C=O) groups excluding carboxylic acids is 4. The predicted molar refractivity (Wildman–Crippen MR) is 109 cm³/mol. The molecule has 2 heterocycles. The van der Waals surface area contributed by atoms with Crippen LogP contribution in [0, 0.1) is 0 Å². The van der Waals surface area contributed by atoms with Crippen LogP contribution in [0.5, 0.6) is 0 Å². The summed E-state index contributed by atoms with van der Waals surface area (Å²) in [6, 6.07) is 6.39. The molecule has 2 aromatic heterocycles. The van der Waals surface area contributed by atoms with Gasteiger partial charge in [0, 0.05) is 36.2 Å². The van der Waals surface area contributed by atoms with Crippen molar-refractivity contribution in [1.82, 2.24) is 20.6 Å². The maximum atomic E-state index is 11.7. The van der Waals surface area contributed by atoms with Gasteiger partial charge >= 0.3 is 12.2 Å². The van der Waals surface area contributed by atoms with Gasteiger partial charge < -0.3 is 20.1 Å². The summed E-state index contributed by atoms with van der Waals surface area (Å²) in [6.45, 7) is -0.0300. The molecule has 31 heavy (non-hydrogen) atoms. The summed E-state index contributed by atoms with van der Waals surface area (Å²) in [7, 11) is 0. The van der Waals surface area contributed by atoms with Gasteiger partial charge in [0.15, 0.2) is 0 Å². The van der Waals surface area contributed by atoms with E-state index in [1.54, 1.807) is 24.3 Å². The number of rotatable bonds is 10. The number of hydrogen-bond donors (Lipinski definition) is 4. The summed E-state index contributed by atoms with van der Waals surface area (Å²) < 4.78 is 9.80. The Morgan fingerprint density at radius 3 is 1.45 bits per heavy atom. The zero-order valence-electron chi connectivity index (χ0n) is 16.5. The van der Waals surface area contributed by atoms with Crippen molar-refractivity contribution in [2.45, 2.75) is 6.42 Å². The van der Waals surface area contributed by atoms with Gasteiger partial charge in [-0.25, -0.2) is 9.59 Å². The summed E-state index contributed by atoms with van der Waals surface area (Å²) in [5.74, 6) is -1.07. The van der Waals surface area contributed by atoms with E-state index in [4.69, 9.17) is 9.47 Å². The molecule has 0 aliphatic rings. The summed E-state index contributed by atoms with van der Waals surface area (Å²) in [4.78, 5) is 54.1. The average Bonchev–Trinajstić information content (AvgIpc) is 2.76. The molecule has 0 bridgehead atoms. The van der Waals surface area contributed by atoms with E-state index >= 15 is 0 Å². The highest BCUT2D eigenvalue weighted by Gasteiger charge is 2.10. The number of amides is 4. The Balaban J connectivity index is 1.48. The van der Waals surface area contributed by atoms with E-state index in [-0.39, 0.29) is 26.3 Å². The second-order valence-electron chi connectivity index (χ2n) is 5.87. The van der Waals surface area contributed by atoms with E-state index < -0.39 is 30.4 Å². The molecule has 164 valence electrons. The van der Waals surface area contributed by atoms with Crippen LogP contribution in [0.2, 0.25) is 0 Å². The fourth-order valence-electron chi connectivity index (χ4n) is 2.12. The lowest BCUT2D eigenvalue weighted by molar-refractivity contribution is -0.129. The standard InChI is InChI=1S/C19H22N6O6/c26-16(22-9-11-30-18(28)24-14-1-5-20-6-2-14)13-17(27)23-10-12-31-19(29)25-15-3-7-21-8-4-15/h1-8H,9-13H2,(H,22,26)(H,23,27)(H,20,24,28)(H,21,25,29). The van der Waals surface area contributed by atoms with Crippen LogP contribution in [-0.4, -0.2) is 60.3 Å². The number of ether oxygens (including phenoxy) is 2. The van der Waals surface area contributed by atoms with Gasteiger partial charge in [-0.15, -0.1) is 0 Å². The van der Waals surface area contributed by atoms with Gasteiger partial charge in [0.1, 0.15) is 19.6 Å². The van der Waals surface area contributed by atoms with E-state index in [1.807, 2.05) is 0 Å². The molecular weight excluding hydrogens is 408 g/mol. The van der Waals surface area contributed by atoms with E-state index in [2.05, 4.69) is 31.2 Å². The quantitative estimate of drug-likeness (QED) is 0.319. The zero-order chi connectivity index (χ0) is 22.3. The first-order valence-corrected chi connectivity index (χ1v) is 9.24. The van der Waals surface area contributed by atoms with Crippen LogP contribution in [0.1, 0.15) is 6.42 Å². The Morgan fingerprint density at radius 1 is 0.677 bits per heavy atom. The lowest BCUT2D eigenvalue weighted by atomic mass is 10.3. The van der Waals surface area contributed by atoms with Crippen LogP contribution in [-0.2, 0) is 19.1 Å².